The minimum atomic E-state index is -5.00. The molecular weight excluding hydrogens is 194 g/mol. The molecular formula is C8H10BF3NO-. The Morgan fingerprint density at radius 3 is 2.43 bits per heavy atom. The van der Waals surface area contributed by atoms with E-state index in [0.29, 0.717) is 0 Å². The Labute approximate surface area is 80.2 Å². The predicted octanol–water partition coefficient (Wildman–Crippen LogP) is 1.92. The standard InChI is InChI=1S/C8H10BF3NO/c1-6(2)14-8-3-7(4-13-5-8)9(10,11)12/h3-6H,1-2H3/q-1. The normalized spacial score (nSPS) is 11.9. The molecule has 78 valence electrons. The van der Waals surface area contributed by atoms with Crippen molar-refractivity contribution >= 4 is 12.4 Å². The maximum absolute atomic E-state index is 12.3. The molecule has 0 N–H and O–H groups in total. The molecule has 0 amide bonds. The van der Waals surface area contributed by atoms with E-state index in [0.717, 1.165) is 12.3 Å². The smallest absolute Gasteiger partial charge is 0.490 e. The zero-order chi connectivity index (χ0) is 10.8. The molecule has 0 atom stereocenters. The number of rotatable bonds is 3. The average molecular weight is 204 g/mol. The first kappa shape index (κ1) is 10.9. The molecule has 0 spiro atoms. The van der Waals surface area contributed by atoms with Crippen molar-refractivity contribution in [3.8, 4) is 5.75 Å². The zero-order valence-electron chi connectivity index (χ0n) is 7.88. The third-order valence-corrected chi connectivity index (χ3v) is 1.48. The molecule has 1 aromatic heterocycles. The van der Waals surface area contributed by atoms with Crippen LogP contribution in [0.2, 0.25) is 0 Å². The van der Waals surface area contributed by atoms with Gasteiger partial charge < -0.3 is 17.7 Å². The molecule has 0 aliphatic carbocycles. The lowest BCUT2D eigenvalue weighted by molar-refractivity contribution is 0.241. The van der Waals surface area contributed by atoms with Crippen LogP contribution in [-0.2, 0) is 0 Å². The van der Waals surface area contributed by atoms with Crippen molar-refractivity contribution < 1.29 is 17.7 Å². The van der Waals surface area contributed by atoms with E-state index >= 15 is 0 Å². The molecule has 1 heterocycles. The molecule has 0 radical (unpaired) electrons. The number of ether oxygens (including phenoxy) is 1. The van der Waals surface area contributed by atoms with Crippen molar-refractivity contribution in [1.82, 2.24) is 4.98 Å². The third kappa shape index (κ3) is 2.94. The highest BCUT2D eigenvalue weighted by Crippen LogP contribution is 2.13. The second-order valence-electron chi connectivity index (χ2n) is 3.20. The van der Waals surface area contributed by atoms with Crippen LogP contribution in [0, 0.1) is 0 Å². The first-order valence-electron chi connectivity index (χ1n) is 4.21. The van der Waals surface area contributed by atoms with E-state index in [-0.39, 0.29) is 11.9 Å². The minimum absolute atomic E-state index is 0.150. The Morgan fingerprint density at radius 2 is 1.93 bits per heavy atom. The molecule has 0 saturated heterocycles. The van der Waals surface area contributed by atoms with Crippen LogP contribution < -0.4 is 10.2 Å². The molecule has 0 unspecified atom stereocenters. The molecule has 14 heavy (non-hydrogen) atoms. The fraction of sp³-hybridized carbons (Fsp3) is 0.375. The number of aromatic nitrogens is 1. The number of hydrogen-bond acceptors (Lipinski definition) is 2. The van der Waals surface area contributed by atoms with Gasteiger partial charge in [-0.3, -0.25) is 4.98 Å². The first-order valence-corrected chi connectivity index (χ1v) is 4.21. The molecule has 0 bridgehead atoms. The van der Waals surface area contributed by atoms with Gasteiger partial charge in [0.05, 0.1) is 12.3 Å². The molecule has 0 fully saturated rings. The van der Waals surface area contributed by atoms with Gasteiger partial charge in [0.15, 0.2) is 0 Å². The Morgan fingerprint density at radius 1 is 1.29 bits per heavy atom. The van der Waals surface area contributed by atoms with E-state index in [1.54, 1.807) is 13.8 Å². The van der Waals surface area contributed by atoms with Crippen LogP contribution in [0.5, 0.6) is 5.75 Å². The van der Waals surface area contributed by atoms with Gasteiger partial charge in [-0.1, -0.05) is 5.46 Å². The second kappa shape index (κ2) is 3.90. The van der Waals surface area contributed by atoms with Gasteiger partial charge in [0.25, 0.3) is 0 Å². The molecule has 6 heteroatoms. The van der Waals surface area contributed by atoms with Gasteiger partial charge in [-0.15, -0.1) is 0 Å². The lowest BCUT2D eigenvalue weighted by atomic mass is 9.81. The summed E-state index contributed by atoms with van der Waals surface area (Å²) in [5.41, 5.74) is -0.733. The predicted molar refractivity (Wildman–Crippen MR) is 48.7 cm³/mol. The van der Waals surface area contributed by atoms with Crippen LogP contribution in [0.15, 0.2) is 18.5 Å². The van der Waals surface area contributed by atoms with Crippen LogP contribution in [0.3, 0.4) is 0 Å². The van der Waals surface area contributed by atoms with Crippen LogP contribution >= 0.6 is 0 Å². The van der Waals surface area contributed by atoms with Crippen LogP contribution in [0.4, 0.5) is 12.9 Å². The van der Waals surface area contributed by atoms with E-state index in [9.17, 15) is 12.9 Å². The van der Waals surface area contributed by atoms with Gasteiger partial charge in [-0.25, -0.2) is 0 Å². The van der Waals surface area contributed by atoms with Gasteiger partial charge in [0.1, 0.15) is 5.75 Å². The summed E-state index contributed by atoms with van der Waals surface area (Å²) < 4.78 is 41.9. The Hall–Kier alpha value is -1.20. The number of pyridine rings is 1. The lowest BCUT2D eigenvalue weighted by Gasteiger charge is -2.16. The van der Waals surface area contributed by atoms with Gasteiger partial charge in [-0.05, 0) is 19.9 Å². The highest BCUT2D eigenvalue weighted by molar-refractivity contribution is 6.73. The second-order valence-corrected chi connectivity index (χ2v) is 3.20. The molecule has 1 aromatic rings. The molecule has 0 aliphatic heterocycles. The van der Waals surface area contributed by atoms with E-state index < -0.39 is 12.4 Å². The summed E-state index contributed by atoms with van der Waals surface area (Å²) in [5, 5.41) is 0. The first-order chi connectivity index (χ1) is 6.39. The maximum atomic E-state index is 12.3. The molecule has 1 rings (SSSR count). The Balaban J connectivity index is 2.90. The number of nitrogens with zero attached hydrogens (tertiary/aromatic N) is 1. The molecule has 0 aliphatic rings. The highest BCUT2D eigenvalue weighted by Gasteiger charge is 2.26. The summed E-state index contributed by atoms with van der Waals surface area (Å²) in [6.07, 6.45) is 1.91. The SMILES string of the molecule is CC(C)Oc1cncc([B-](F)(F)F)c1. The van der Waals surface area contributed by atoms with E-state index in [2.05, 4.69) is 4.98 Å². The largest absolute Gasteiger partial charge is 0.511 e. The highest BCUT2D eigenvalue weighted by atomic mass is 19.4. The number of hydrogen-bond donors (Lipinski definition) is 0. The van der Waals surface area contributed by atoms with Gasteiger partial charge in [0, 0.05) is 6.20 Å². The molecule has 0 aromatic carbocycles. The van der Waals surface area contributed by atoms with Crippen molar-refractivity contribution in [3.05, 3.63) is 18.5 Å². The van der Waals surface area contributed by atoms with E-state index in [1.807, 2.05) is 0 Å². The Kier molecular flexibility index (Phi) is 3.03. The maximum Gasteiger partial charge on any atom is 0.511 e. The van der Waals surface area contributed by atoms with Crippen molar-refractivity contribution in [2.45, 2.75) is 20.0 Å². The summed E-state index contributed by atoms with van der Waals surface area (Å²) in [5.74, 6) is 0.150. The lowest BCUT2D eigenvalue weighted by Crippen LogP contribution is -2.34. The van der Waals surface area contributed by atoms with Crippen molar-refractivity contribution in [1.29, 1.82) is 0 Å². The minimum Gasteiger partial charge on any atom is -0.490 e. The van der Waals surface area contributed by atoms with E-state index in [1.165, 1.54) is 6.20 Å². The van der Waals surface area contributed by atoms with Crippen molar-refractivity contribution in [2.24, 2.45) is 0 Å². The van der Waals surface area contributed by atoms with Crippen LogP contribution in [-0.4, -0.2) is 18.1 Å². The summed E-state index contributed by atoms with van der Waals surface area (Å²) in [6, 6.07) is 0.965. The monoisotopic (exact) mass is 204 g/mol. The Bertz CT molecular complexity index is 314. The zero-order valence-corrected chi connectivity index (χ0v) is 7.88. The summed E-state index contributed by atoms with van der Waals surface area (Å²) >= 11 is 0. The number of halogens is 3. The van der Waals surface area contributed by atoms with Crippen molar-refractivity contribution in [2.75, 3.05) is 0 Å². The topological polar surface area (TPSA) is 22.1 Å². The summed E-state index contributed by atoms with van der Waals surface area (Å²) in [6.45, 7) is -1.51. The van der Waals surface area contributed by atoms with Gasteiger partial charge >= 0.3 is 6.98 Å². The molecule has 2 nitrogen and oxygen atoms in total. The van der Waals surface area contributed by atoms with Crippen LogP contribution in [0.1, 0.15) is 13.8 Å². The van der Waals surface area contributed by atoms with Crippen molar-refractivity contribution in [3.63, 3.8) is 0 Å². The summed E-state index contributed by atoms with van der Waals surface area (Å²) in [4.78, 5) is 3.47. The summed E-state index contributed by atoms with van der Waals surface area (Å²) in [7, 11) is 0. The fourth-order valence-electron chi connectivity index (χ4n) is 0.951. The van der Waals surface area contributed by atoms with Gasteiger partial charge in [0.2, 0.25) is 0 Å². The molecule has 0 saturated carbocycles. The van der Waals surface area contributed by atoms with Crippen LogP contribution in [0.25, 0.3) is 0 Å². The average Bonchev–Trinajstić information content (AvgIpc) is 2.01. The third-order valence-electron chi connectivity index (χ3n) is 1.48. The fourth-order valence-corrected chi connectivity index (χ4v) is 0.951. The quantitative estimate of drug-likeness (QED) is 0.701. The van der Waals surface area contributed by atoms with E-state index in [4.69, 9.17) is 4.74 Å². The van der Waals surface area contributed by atoms with Gasteiger partial charge in [-0.2, -0.15) is 0 Å².